The average molecular weight is 238 g/mol. The Hall–Kier alpha value is -1.85. The van der Waals surface area contributed by atoms with E-state index in [0.717, 1.165) is 12.8 Å². The molecule has 1 aromatic rings. The van der Waals surface area contributed by atoms with Crippen LogP contribution in [0.4, 0.5) is 5.69 Å². The highest BCUT2D eigenvalue weighted by Crippen LogP contribution is 2.31. The number of carbonyl (C=O) groups excluding carboxylic acids is 1. The molecule has 1 aliphatic rings. The van der Waals surface area contributed by atoms with Gasteiger partial charge in [0.25, 0.3) is 0 Å². The third-order valence-electron chi connectivity index (χ3n) is 3.12. The number of aromatic nitrogens is 1. The molecule has 1 heterocycles. The second kappa shape index (κ2) is 4.99. The molecule has 2 unspecified atom stereocenters. The lowest BCUT2D eigenvalue weighted by molar-refractivity contribution is -0.147. The molecule has 1 saturated carbocycles. The van der Waals surface area contributed by atoms with Crippen molar-refractivity contribution in [1.82, 2.24) is 5.16 Å². The van der Waals surface area contributed by atoms with Crippen LogP contribution in [0, 0.1) is 11.8 Å². The molecule has 0 radical (unpaired) electrons. The molecule has 0 spiro atoms. The van der Waals surface area contributed by atoms with Gasteiger partial charge in [-0.25, -0.2) is 0 Å². The maximum atomic E-state index is 11.9. The van der Waals surface area contributed by atoms with Gasteiger partial charge in [0, 0.05) is 0 Å². The van der Waals surface area contributed by atoms with Gasteiger partial charge in [0.15, 0.2) is 0 Å². The molecule has 1 aliphatic carbocycles. The molecule has 0 bridgehead atoms. The minimum atomic E-state index is -0.893. The van der Waals surface area contributed by atoms with E-state index in [1.807, 2.05) is 0 Å². The normalized spacial score (nSPS) is 24.2. The summed E-state index contributed by atoms with van der Waals surface area (Å²) in [4.78, 5) is 23.0. The Balaban J connectivity index is 2.03. The lowest BCUT2D eigenvalue weighted by atomic mass is 9.78. The van der Waals surface area contributed by atoms with Crippen LogP contribution in [0.5, 0.6) is 0 Å². The Kier molecular flexibility index (Phi) is 3.41. The van der Waals surface area contributed by atoms with Gasteiger partial charge in [0.2, 0.25) is 5.91 Å². The number of amides is 1. The van der Waals surface area contributed by atoms with Crippen molar-refractivity contribution in [2.24, 2.45) is 11.8 Å². The summed E-state index contributed by atoms with van der Waals surface area (Å²) in [5.74, 6) is -2.20. The second-order valence-electron chi connectivity index (χ2n) is 4.24. The summed E-state index contributed by atoms with van der Waals surface area (Å²) in [6.07, 6.45) is 5.65. The fourth-order valence-electron chi connectivity index (χ4n) is 2.24. The average Bonchev–Trinajstić information content (AvgIpc) is 2.81. The molecule has 0 saturated heterocycles. The summed E-state index contributed by atoms with van der Waals surface area (Å²) < 4.78 is 4.60. The van der Waals surface area contributed by atoms with Crippen molar-refractivity contribution in [1.29, 1.82) is 0 Å². The van der Waals surface area contributed by atoms with Crippen LogP contribution in [0.1, 0.15) is 25.7 Å². The predicted octanol–water partition coefficient (Wildman–Crippen LogP) is 1.50. The molecule has 0 aliphatic heterocycles. The van der Waals surface area contributed by atoms with Crippen LogP contribution >= 0.6 is 0 Å². The summed E-state index contributed by atoms with van der Waals surface area (Å²) in [5.41, 5.74) is 0.463. The minimum Gasteiger partial charge on any atom is -0.481 e. The Bertz CT molecular complexity index is 402. The summed E-state index contributed by atoms with van der Waals surface area (Å²) in [6.45, 7) is 0. The molecule has 6 nitrogen and oxygen atoms in total. The Labute approximate surface area is 98.0 Å². The summed E-state index contributed by atoms with van der Waals surface area (Å²) in [7, 11) is 0. The fraction of sp³-hybridized carbons (Fsp3) is 0.545. The molecule has 2 atom stereocenters. The van der Waals surface area contributed by atoms with E-state index in [1.165, 1.54) is 12.5 Å². The van der Waals surface area contributed by atoms with Gasteiger partial charge < -0.3 is 14.9 Å². The number of nitrogens with zero attached hydrogens (tertiary/aromatic N) is 1. The first kappa shape index (κ1) is 11.6. The Morgan fingerprint density at radius 1 is 1.35 bits per heavy atom. The van der Waals surface area contributed by atoms with E-state index in [0.29, 0.717) is 18.5 Å². The highest BCUT2D eigenvalue weighted by atomic mass is 16.5. The van der Waals surface area contributed by atoms with E-state index in [9.17, 15) is 9.59 Å². The fourth-order valence-corrected chi connectivity index (χ4v) is 2.24. The highest BCUT2D eigenvalue weighted by Gasteiger charge is 2.35. The van der Waals surface area contributed by atoms with Gasteiger partial charge in [-0.15, -0.1) is 0 Å². The van der Waals surface area contributed by atoms with Gasteiger partial charge in [0.05, 0.1) is 18.0 Å². The van der Waals surface area contributed by atoms with Crippen molar-refractivity contribution in [3.63, 3.8) is 0 Å². The third-order valence-corrected chi connectivity index (χ3v) is 3.12. The van der Waals surface area contributed by atoms with E-state index >= 15 is 0 Å². The second-order valence-corrected chi connectivity index (χ2v) is 4.24. The molecular weight excluding hydrogens is 224 g/mol. The number of anilines is 1. The Morgan fingerprint density at radius 2 is 2.06 bits per heavy atom. The molecule has 6 heteroatoms. The quantitative estimate of drug-likeness (QED) is 0.832. The number of carboxylic acid groups (broad SMARTS) is 1. The van der Waals surface area contributed by atoms with E-state index in [1.54, 1.807) is 0 Å². The van der Waals surface area contributed by atoms with E-state index in [2.05, 4.69) is 15.0 Å². The maximum absolute atomic E-state index is 11.9. The SMILES string of the molecule is O=C(O)C1CCCCC1C(=O)Nc1cnoc1. The largest absolute Gasteiger partial charge is 0.481 e. The van der Waals surface area contributed by atoms with Crippen LogP contribution in [0.2, 0.25) is 0 Å². The van der Waals surface area contributed by atoms with Crippen LogP contribution in [-0.2, 0) is 9.59 Å². The van der Waals surface area contributed by atoms with Crippen LogP contribution in [0.15, 0.2) is 17.0 Å². The molecule has 1 aromatic heterocycles. The molecule has 0 aromatic carbocycles. The Morgan fingerprint density at radius 3 is 2.65 bits per heavy atom. The highest BCUT2D eigenvalue weighted by molar-refractivity contribution is 5.94. The van der Waals surface area contributed by atoms with E-state index < -0.39 is 17.8 Å². The number of hydrogen-bond acceptors (Lipinski definition) is 4. The van der Waals surface area contributed by atoms with Crippen LogP contribution in [-0.4, -0.2) is 22.1 Å². The van der Waals surface area contributed by atoms with Gasteiger partial charge in [-0.05, 0) is 12.8 Å². The standard InChI is InChI=1S/C11H14N2O4/c14-10(13-7-5-12-17-6-7)8-3-1-2-4-9(8)11(15)16/h5-6,8-9H,1-4H2,(H,13,14)(H,15,16). The van der Waals surface area contributed by atoms with Gasteiger partial charge in [0.1, 0.15) is 12.0 Å². The minimum absolute atomic E-state index is 0.264. The topological polar surface area (TPSA) is 92.4 Å². The zero-order chi connectivity index (χ0) is 12.3. The number of carbonyl (C=O) groups is 2. The number of rotatable bonds is 3. The first-order chi connectivity index (χ1) is 8.18. The zero-order valence-electron chi connectivity index (χ0n) is 9.26. The van der Waals surface area contributed by atoms with Gasteiger partial charge >= 0.3 is 5.97 Å². The molecular formula is C11H14N2O4. The van der Waals surface area contributed by atoms with Crippen molar-refractivity contribution < 1.29 is 19.2 Å². The van der Waals surface area contributed by atoms with Gasteiger partial charge in [-0.3, -0.25) is 9.59 Å². The lowest BCUT2D eigenvalue weighted by Crippen LogP contribution is -2.35. The number of carboxylic acids is 1. The van der Waals surface area contributed by atoms with Crippen molar-refractivity contribution in [2.75, 3.05) is 5.32 Å². The summed E-state index contributed by atoms with van der Waals surface area (Å²) in [6, 6.07) is 0. The van der Waals surface area contributed by atoms with Gasteiger partial charge in [-0.2, -0.15) is 0 Å². The van der Waals surface area contributed by atoms with E-state index in [4.69, 9.17) is 5.11 Å². The third kappa shape index (κ3) is 2.64. The molecule has 92 valence electrons. The lowest BCUT2D eigenvalue weighted by Gasteiger charge is -2.27. The maximum Gasteiger partial charge on any atom is 0.307 e. The predicted molar refractivity (Wildman–Crippen MR) is 58.2 cm³/mol. The summed E-state index contributed by atoms with van der Waals surface area (Å²) >= 11 is 0. The number of nitrogens with one attached hydrogen (secondary N) is 1. The molecule has 1 amide bonds. The monoisotopic (exact) mass is 238 g/mol. The van der Waals surface area contributed by atoms with Crippen molar-refractivity contribution in [3.8, 4) is 0 Å². The summed E-state index contributed by atoms with van der Waals surface area (Å²) in [5, 5.41) is 15.2. The van der Waals surface area contributed by atoms with Crippen LogP contribution in [0.25, 0.3) is 0 Å². The van der Waals surface area contributed by atoms with Gasteiger partial charge in [-0.1, -0.05) is 18.0 Å². The van der Waals surface area contributed by atoms with Crippen molar-refractivity contribution >= 4 is 17.6 Å². The zero-order valence-corrected chi connectivity index (χ0v) is 9.26. The van der Waals surface area contributed by atoms with Crippen molar-refractivity contribution in [3.05, 3.63) is 12.5 Å². The van der Waals surface area contributed by atoms with Crippen LogP contribution in [0.3, 0.4) is 0 Å². The van der Waals surface area contributed by atoms with E-state index in [-0.39, 0.29) is 5.91 Å². The number of hydrogen-bond donors (Lipinski definition) is 2. The first-order valence-corrected chi connectivity index (χ1v) is 5.61. The van der Waals surface area contributed by atoms with Crippen LogP contribution < -0.4 is 5.32 Å². The molecule has 1 fully saturated rings. The number of aliphatic carboxylic acids is 1. The molecule has 2 N–H and O–H groups in total. The molecule has 17 heavy (non-hydrogen) atoms. The molecule has 2 rings (SSSR count). The smallest absolute Gasteiger partial charge is 0.307 e. The van der Waals surface area contributed by atoms with Crippen molar-refractivity contribution in [2.45, 2.75) is 25.7 Å². The first-order valence-electron chi connectivity index (χ1n) is 5.61.